The van der Waals surface area contributed by atoms with E-state index in [0.717, 1.165) is 18.8 Å². The van der Waals surface area contributed by atoms with Gasteiger partial charge in [-0.05, 0) is 31.1 Å². The smallest absolute Gasteiger partial charge is 0.0692 e. The highest BCUT2D eigenvalue weighted by atomic mass is 14.4. The van der Waals surface area contributed by atoms with Gasteiger partial charge in [0.15, 0.2) is 0 Å². The van der Waals surface area contributed by atoms with Crippen LogP contribution in [0, 0.1) is 28.6 Å². The van der Waals surface area contributed by atoms with Gasteiger partial charge in [-0.2, -0.15) is 5.26 Å². The standard InChI is InChI=1S/C13H23N/c1-11(2)9-12(3)13(10-14)7-5-4-6-8-13/h11-12H,4-9H2,1-3H3. The fourth-order valence-corrected chi connectivity index (χ4v) is 2.83. The van der Waals surface area contributed by atoms with E-state index >= 15 is 0 Å². The Hall–Kier alpha value is -0.510. The molecule has 1 rings (SSSR count). The minimum absolute atomic E-state index is 0.0164. The molecule has 1 atom stereocenters. The summed E-state index contributed by atoms with van der Waals surface area (Å²) >= 11 is 0. The molecule has 0 spiro atoms. The van der Waals surface area contributed by atoms with E-state index in [9.17, 15) is 5.26 Å². The van der Waals surface area contributed by atoms with Gasteiger partial charge in [0, 0.05) is 0 Å². The average Bonchev–Trinajstić information content (AvgIpc) is 2.18. The van der Waals surface area contributed by atoms with Gasteiger partial charge in [-0.15, -0.1) is 0 Å². The van der Waals surface area contributed by atoms with Crippen LogP contribution in [0.1, 0.15) is 59.3 Å². The molecule has 14 heavy (non-hydrogen) atoms. The van der Waals surface area contributed by atoms with Crippen molar-refractivity contribution in [3.63, 3.8) is 0 Å². The summed E-state index contributed by atoms with van der Waals surface area (Å²) in [5.74, 6) is 1.30. The Morgan fingerprint density at radius 1 is 1.14 bits per heavy atom. The summed E-state index contributed by atoms with van der Waals surface area (Å²) in [6, 6.07) is 2.62. The molecule has 0 saturated heterocycles. The first-order chi connectivity index (χ1) is 6.60. The van der Waals surface area contributed by atoms with Crippen LogP contribution < -0.4 is 0 Å². The van der Waals surface area contributed by atoms with Crippen LogP contribution >= 0.6 is 0 Å². The second kappa shape index (κ2) is 4.82. The monoisotopic (exact) mass is 193 g/mol. The summed E-state index contributed by atoms with van der Waals surface area (Å²) < 4.78 is 0. The van der Waals surface area contributed by atoms with E-state index in [4.69, 9.17) is 0 Å². The molecule has 0 aromatic carbocycles. The zero-order valence-electron chi connectivity index (χ0n) is 9.84. The first kappa shape index (κ1) is 11.6. The lowest BCUT2D eigenvalue weighted by molar-refractivity contribution is 0.156. The number of hydrogen-bond donors (Lipinski definition) is 0. The van der Waals surface area contributed by atoms with E-state index in [2.05, 4.69) is 26.8 Å². The van der Waals surface area contributed by atoms with Crippen LogP contribution in [0.3, 0.4) is 0 Å². The summed E-state index contributed by atoms with van der Waals surface area (Å²) in [6.45, 7) is 6.78. The molecule has 80 valence electrons. The Kier molecular flexibility index (Phi) is 3.98. The van der Waals surface area contributed by atoms with E-state index in [1.54, 1.807) is 0 Å². The van der Waals surface area contributed by atoms with Crippen molar-refractivity contribution >= 4 is 0 Å². The normalized spacial score (nSPS) is 23.1. The molecule has 0 radical (unpaired) electrons. The maximum Gasteiger partial charge on any atom is 0.0692 e. The molecule has 0 bridgehead atoms. The summed E-state index contributed by atoms with van der Waals surface area (Å²) in [7, 11) is 0. The second-order valence-corrected chi connectivity index (χ2v) is 5.36. The van der Waals surface area contributed by atoms with Crippen molar-refractivity contribution in [2.24, 2.45) is 17.3 Å². The molecule has 1 saturated carbocycles. The number of rotatable bonds is 3. The molecular formula is C13H23N. The van der Waals surface area contributed by atoms with E-state index in [1.165, 1.54) is 25.7 Å². The van der Waals surface area contributed by atoms with Crippen molar-refractivity contribution in [2.45, 2.75) is 59.3 Å². The van der Waals surface area contributed by atoms with Gasteiger partial charge in [-0.3, -0.25) is 0 Å². The SMILES string of the molecule is CC(C)CC(C)C1(C#N)CCCCC1. The Balaban J connectivity index is 2.63. The summed E-state index contributed by atoms with van der Waals surface area (Å²) in [5, 5.41) is 9.37. The van der Waals surface area contributed by atoms with Crippen LogP contribution in [0.4, 0.5) is 0 Å². The molecule has 0 aliphatic heterocycles. The molecule has 1 heteroatoms. The van der Waals surface area contributed by atoms with Crippen molar-refractivity contribution in [1.82, 2.24) is 0 Å². The highest BCUT2D eigenvalue weighted by Crippen LogP contribution is 2.44. The summed E-state index contributed by atoms with van der Waals surface area (Å²) in [6.07, 6.45) is 7.33. The Bertz CT molecular complexity index is 206. The maximum absolute atomic E-state index is 9.37. The summed E-state index contributed by atoms with van der Waals surface area (Å²) in [5.41, 5.74) is 0.0164. The minimum atomic E-state index is 0.0164. The van der Waals surface area contributed by atoms with Crippen LogP contribution in [0.5, 0.6) is 0 Å². The molecular weight excluding hydrogens is 170 g/mol. The van der Waals surface area contributed by atoms with E-state index < -0.39 is 0 Å². The lowest BCUT2D eigenvalue weighted by Crippen LogP contribution is -2.30. The van der Waals surface area contributed by atoms with Gasteiger partial charge in [-0.25, -0.2) is 0 Å². The molecule has 0 heterocycles. The second-order valence-electron chi connectivity index (χ2n) is 5.36. The highest BCUT2D eigenvalue weighted by molar-refractivity contribution is 5.03. The lowest BCUT2D eigenvalue weighted by atomic mass is 9.65. The van der Waals surface area contributed by atoms with Crippen molar-refractivity contribution in [2.75, 3.05) is 0 Å². The predicted octanol–water partition coefficient (Wildman–Crippen LogP) is 4.14. The first-order valence-corrected chi connectivity index (χ1v) is 6.02. The van der Waals surface area contributed by atoms with Gasteiger partial charge in [-0.1, -0.05) is 40.0 Å². The highest BCUT2D eigenvalue weighted by Gasteiger charge is 2.37. The third-order valence-electron chi connectivity index (χ3n) is 3.74. The molecule has 0 amide bonds. The van der Waals surface area contributed by atoms with Crippen LogP contribution in [0.15, 0.2) is 0 Å². The fraction of sp³-hybridized carbons (Fsp3) is 0.923. The molecule has 1 fully saturated rings. The zero-order chi connectivity index (χ0) is 10.6. The van der Waals surface area contributed by atoms with Crippen LogP contribution in [0.25, 0.3) is 0 Å². The molecule has 1 aliphatic carbocycles. The Morgan fingerprint density at radius 2 is 1.71 bits per heavy atom. The van der Waals surface area contributed by atoms with Gasteiger partial charge >= 0.3 is 0 Å². The zero-order valence-corrected chi connectivity index (χ0v) is 9.84. The van der Waals surface area contributed by atoms with E-state index in [1.807, 2.05) is 0 Å². The van der Waals surface area contributed by atoms with Gasteiger partial charge in [0.05, 0.1) is 11.5 Å². The minimum Gasteiger partial charge on any atom is -0.198 e. The van der Waals surface area contributed by atoms with Crippen molar-refractivity contribution in [3.8, 4) is 6.07 Å². The molecule has 0 N–H and O–H groups in total. The molecule has 1 aliphatic rings. The van der Waals surface area contributed by atoms with Crippen LogP contribution in [-0.2, 0) is 0 Å². The van der Waals surface area contributed by atoms with Gasteiger partial charge in [0.25, 0.3) is 0 Å². The molecule has 1 nitrogen and oxygen atoms in total. The molecule has 0 aromatic rings. The van der Waals surface area contributed by atoms with Gasteiger partial charge in [0.1, 0.15) is 0 Å². The van der Waals surface area contributed by atoms with Crippen LogP contribution in [0.2, 0.25) is 0 Å². The van der Waals surface area contributed by atoms with Crippen molar-refractivity contribution in [3.05, 3.63) is 0 Å². The number of nitrogens with zero attached hydrogens (tertiary/aromatic N) is 1. The number of nitriles is 1. The Labute approximate surface area is 88.5 Å². The van der Waals surface area contributed by atoms with E-state index in [-0.39, 0.29) is 5.41 Å². The average molecular weight is 193 g/mol. The predicted molar refractivity (Wildman–Crippen MR) is 59.8 cm³/mol. The molecule has 1 unspecified atom stereocenters. The lowest BCUT2D eigenvalue weighted by Gasteiger charge is -2.37. The van der Waals surface area contributed by atoms with Crippen LogP contribution in [-0.4, -0.2) is 0 Å². The van der Waals surface area contributed by atoms with E-state index in [0.29, 0.717) is 5.92 Å². The largest absolute Gasteiger partial charge is 0.198 e. The first-order valence-electron chi connectivity index (χ1n) is 6.02. The summed E-state index contributed by atoms with van der Waals surface area (Å²) in [4.78, 5) is 0. The third kappa shape index (κ3) is 2.50. The van der Waals surface area contributed by atoms with Gasteiger partial charge < -0.3 is 0 Å². The van der Waals surface area contributed by atoms with Crippen molar-refractivity contribution in [1.29, 1.82) is 5.26 Å². The maximum atomic E-state index is 9.37. The quantitative estimate of drug-likeness (QED) is 0.660. The number of hydrogen-bond acceptors (Lipinski definition) is 1. The van der Waals surface area contributed by atoms with Gasteiger partial charge in [0.2, 0.25) is 0 Å². The topological polar surface area (TPSA) is 23.8 Å². The van der Waals surface area contributed by atoms with Crippen molar-refractivity contribution < 1.29 is 0 Å². The third-order valence-corrected chi connectivity index (χ3v) is 3.74. The Morgan fingerprint density at radius 3 is 2.14 bits per heavy atom. The molecule has 0 aromatic heterocycles. The fourth-order valence-electron chi connectivity index (χ4n) is 2.83.